The number of carbonyl (C=O) groups excluding carboxylic acids is 1. The first-order valence-electron chi connectivity index (χ1n) is 7.95. The molecule has 0 radical (unpaired) electrons. The minimum atomic E-state index is -0.176. The molecule has 2 aromatic rings. The van der Waals surface area contributed by atoms with Crippen molar-refractivity contribution in [2.24, 2.45) is 0 Å². The topological polar surface area (TPSA) is 76.9 Å². The maximum atomic E-state index is 12.2. The van der Waals surface area contributed by atoms with Gasteiger partial charge in [0.2, 0.25) is 5.91 Å². The van der Waals surface area contributed by atoms with Crippen LogP contribution in [0, 0.1) is 0 Å². The Morgan fingerprint density at radius 2 is 2.09 bits per heavy atom. The van der Waals surface area contributed by atoms with E-state index in [1.54, 1.807) is 30.0 Å². The van der Waals surface area contributed by atoms with Gasteiger partial charge in [-0.15, -0.1) is 16.9 Å². The van der Waals surface area contributed by atoms with Crippen molar-refractivity contribution in [1.29, 1.82) is 0 Å². The zero-order valence-electron chi connectivity index (χ0n) is 12.9. The highest BCUT2D eigenvalue weighted by Crippen LogP contribution is 2.28. The average molecular weight is 332 g/mol. The molecular weight excluding hydrogens is 312 g/mol. The Balaban J connectivity index is 1.49. The van der Waals surface area contributed by atoms with Crippen LogP contribution in [0.4, 0.5) is 0 Å². The summed E-state index contributed by atoms with van der Waals surface area (Å²) in [6, 6.07) is 7.12. The van der Waals surface area contributed by atoms with E-state index in [0.717, 1.165) is 0 Å². The Hall–Kier alpha value is -1.89. The van der Waals surface area contributed by atoms with Crippen molar-refractivity contribution < 1.29 is 4.79 Å². The highest BCUT2D eigenvalue weighted by Gasteiger charge is 2.16. The zero-order chi connectivity index (χ0) is 16.1. The average Bonchev–Trinajstić information content (AvgIpc) is 3.09. The molecule has 1 aliphatic carbocycles. The first kappa shape index (κ1) is 16.0. The number of amides is 1. The minimum Gasteiger partial charge on any atom is -0.354 e. The largest absolute Gasteiger partial charge is 0.354 e. The van der Waals surface area contributed by atoms with Crippen LogP contribution < -0.4 is 10.9 Å². The van der Waals surface area contributed by atoms with Crippen LogP contribution in [0.15, 0.2) is 29.1 Å². The lowest BCUT2D eigenvalue weighted by atomic mass is 10.2. The number of nitrogens with zero attached hydrogens (tertiary/aromatic N) is 3. The van der Waals surface area contributed by atoms with Crippen LogP contribution in [0.3, 0.4) is 0 Å². The fraction of sp³-hybridized carbons (Fsp3) is 0.500. The second kappa shape index (κ2) is 7.59. The predicted molar refractivity (Wildman–Crippen MR) is 91.5 cm³/mol. The van der Waals surface area contributed by atoms with E-state index in [0.29, 0.717) is 35.0 Å². The summed E-state index contributed by atoms with van der Waals surface area (Å²) >= 11 is 1.73. The van der Waals surface area contributed by atoms with Crippen molar-refractivity contribution in [2.75, 3.05) is 12.3 Å². The van der Waals surface area contributed by atoms with E-state index in [1.807, 2.05) is 6.07 Å². The number of carbonyl (C=O) groups is 1. The molecule has 0 unspecified atom stereocenters. The first-order valence-corrected chi connectivity index (χ1v) is 9.00. The van der Waals surface area contributed by atoms with Crippen LogP contribution in [0.1, 0.15) is 25.7 Å². The van der Waals surface area contributed by atoms with E-state index in [4.69, 9.17) is 0 Å². The second-order valence-electron chi connectivity index (χ2n) is 5.70. The van der Waals surface area contributed by atoms with Gasteiger partial charge >= 0.3 is 0 Å². The van der Waals surface area contributed by atoms with Crippen LogP contribution in [-0.2, 0) is 11.3 Å². The summed E-state index contributed by atoms with van der Waals surface area (Å²) in [4.78, 5) is 24.1. The van der Waals surface area contributed by atoms with Crippen LogP contribution in [0.25, 0.3) is 10.9 Å². The maximum Gasteiger partial charge on any atom is 0.277 e. The molecule has 0 atom stereocenters. The van der Waals surface area contributed by atoms with E-state index >= 15 is 0 Å². The van der Waals surface area contributed by atoms with Crippen LogP contribution in [-0.4, -0.2) is 38.4 Å². The first-order chi connectivity index (χ1) is 11.2. The van der Waals surface area contributed by atoms with Crippen LogP contribution >= 0.6 is 11.8 Å². The Morgan fingerprint density at radius 1 is 1.30 bits per heavy atom. The van der Waals surface area contributed by atoms with Crippen molar-refractivity contribution in [3.63, 3.8) is 0 Å². The van der Waals surface area contributed by atoms with Crippen molar-refractivity contribution in [3.8, 4) is 0 Å². The Morgan fingerprint density at radius 3 is 2.91 bits per heavy atom. The van der Waals surface area contributed by atoms with Crippen LogP contribution in [0.2, 0.25) is 0 Å². The van der Waals surface area contributed by atoms with E-state index in [2.05, 4.69) is 15.6 Å². The summed E-state index contributed by atoms with van der Waals surface area (Å²) in [5, 5.41) is 12.0. The highest BCUT2D eigenvalue weighted by atomic mass is 32.2. The SMILES string of the molecule is O=C(CSC1CCCC1)NCCn1nnc2ccccc2c1=O. The Labute approximate surface area is 138 Å². The molecule has 1 heterocycles. The molecule has 1 aliphatic rings. The zero-order valence-corrected chi connectivity index (χ0v) is 13.7. The Kier molecular flexibility index (Phi) is 5.27. The lowest BCUT2D eigenvalue weighted by molar-refractivity contribution is -0.118. The summed E-state index contributed by atoms with van der Waals surface area (Å²) in [7, 11) is 0. The maximum absolute atomic E-state index is 12.2. The third-order valence-electron chi connectivity index (χ3n) is 4.03. The van der Waals surface area contributed by atoms with Gasteiger partial charge in [-0.1, -0.05) is 30.2 Å². The molecule has 1 fully saturated rings. The molecule has 0 aliphatic heterocycles. The van der Waals surface area contributed by atoms with E-state index in [-0.39, 0.29) is 11.5 Å². The molecule has 1 amide bonds. The lowest BCUT2D eigenvalue weighted by Gasteiger charge is -2.09. The number of nitrogens with one attached hydrogen (secondary N) is 1. The quantitative estimate of drug-likeness (QED) is 0.869. The normalized spacial score (nSPS) is 15.1. The molecule has 7 heteroatoms. The van der Waals surface area contributed by atoms with Gasteiger partial charge in [-0.25, -0.2) is 4.68 Å². The standard InChI is InChI=1S/C16H20N4O2S/c21-15(11-23-12-5-1-2-6-12)17-9-10-20-16(22)13-7-3-4-8-14(13)18-19-20/h3-4,7-8,12H,1-2,5-6,9-11H2,(H,17,21). The number of thioether (sulfide) groups is 1. The predicted octanol–water partition coefficient (Wildman–Crippen LogP) is 1.58. The number of hydrogen-bond donors (Lipinski definition) is 1. The number of aromatic nitrogens is 3. The van der Waals surface area contributed by atoms with Gasteiger partial charge in [0.25, 0.3) is 5.56 Å². The van der Waals surface area contributed by atoms with Crippen molar-refractivity contribution in [3.05, 3.63) is 34.6 Å². The van der Waals surface area contributed by atoms with Crippen molar-refractivity contribution in [1.82, 2.24) is 20.3 Å². The van der Waals surface area contributed by atoms with Gasteiger partial charge in [-0.2, -0.15) is 0 Å². The van der Waals surface area contributed by atoms with Gasteiger partial charge in [-0.05, 0) is 25.0 Å². The number of fused-ring (bicyclic) bond motifs is 1. The minimum absolute atomic E-state index is 0.0173. The molecule has 3 rings (SSSR count). The molecule has 1 saturated carbocycles. The van der Waals surface area contributed by atoms with Gasteiger partial charge < -0.3 is 5.32 Å². The third kappa shape index (κ3) is 4.10. The van der Waals surface area contributed by atoms with Crippen molar-refractivity contribution in [2.45, 2.75) is 37.5 Å². The molecule has 122 valence electrons. The summed E-state index contributed by atoms with van der Waals surface area (Å²) < 4.78 is 1.30. The molecule has 23 heavy (non-hydrogen) atoms. The highest BCUT2D eigenvalue weighted by molar-refractivity contribution is 8.00. The second-order valence-corrected chi connectivity index (χ2v) is 6.99. The fourth-order valence-electron chi connectivity index (χ4n) is 2.77. The summed E-state index contributed by atoms with van der Waals surface area (Å²) in [5.41, 5.74) is 0.413. The van der Waals surface area contributed by atoms with Gasteiger partial charge in [0, 0.05) is 11.8 Å². The molecule has 1 N–H and O–H groups in total. The van der Waals surface area contributed by atoms with Crippen molar-refractivity contribution >= 4 is 28.6 Å². The van der Waals surface area contributed by atoms with Gasteiger partial charge in [-0.3, -0.25) is 9.59 Å². The monoisotopic (exact) mass is 332 g/mol. The van der Waals surface area contributed by atoms with E-state index in [1.165, 1.54) is 30.4 Å². The summed E-state index contributed by atoms with van der Waals surface area (Å²) in [6.07, 6.45) is 5.01. The number of hydrogen-bond acceptors (Lipinski definition) is 5. The molecule has 0 bridgehead atoms. The van der Waals surface area contributed by atoms with Gasteiger partial charge in [0.15, 0.2) is 0 Å². The fourth-order valence-corrected chi connectivity index (χ4v) is 3.93. The summed E-state index contributed by atoms with van der Waals surface area (Å²) in [5.74, 6) is 0.506. The molecule has 0 saturated heterocycles. The van der Waals surface area contributed by atoms with Gasteiger partial charge in [0.1, 0.15) is 5.52 Å². The molecule has 6 nitrogen and oxygen atoms in total. The van der Waals surface area contributed by atoms with E-state index < -0.39 is 0 Å². The summed E-state index contributed by atoms with van der Waals surface area (Å²) in [6.45, 7) is 0.716. The Bertz CT molecular complexity index is 740. The molecule has 0 spiro atoms. The lowest BCUT2D eigenvalue weighted by Crippen LogP contribution is -2.33. The molecule has 1 aromatic carbocycles. The number of rotatable bonds is 6. The number of benzene rings is 1. The smallest absolute Gasteiger partial charge is 0.277 e. The molecule has 1 aromatic heterocycles. The van der Waals surface area contributed by atoms with Gasteiger partial charge in [0.05, 0.1) is 17.7 Å². The van der Waals surface area contributed by atoms with E-state index in [9.17, 15) is 9.59 Å². The molecular formula is C16H20N4O2S. The van der Waals surface area contributed by atoms with Crippen LogP contribution in [0.5, 0.6) is 0 Å². The third-order valence-corrected chi connectivity index (χ3v) is 5.40.